The van der Waals surface area contributed by atoms with Crippen molar-refractivity contribution in [2.45, 2.75) is 13.3 Å². The first-order chi connectivity index (χ1) is 15.5. The minimum absolute atomic E-state index is 0. The number of aromatic nitrogens is 2. The standard InChI is InChI=1S/C25H20N2O4S.Na/c1-15-7-9-16(10-8-15)24(28)19(13-17-5-3-4-6-22(17)31-2)23(25(29)30)18-11-12-20-21(14-18)27-32-26-20;/h3-12,14H,13H2,1-2H3,(H,29,30);/q;+1/p-1. The van der Waals surface area contributed by atoms with Crippen molar-refractivity contribution < 1.29 is 49.0 Å². The monoisotopic (exact) mass is 466 g/mol. The fourth-order valence-electron chi connectivity index (χ4n) is 3.55. The number of carboxylic acids is 1. The number of hydrogen-bond acceptors (Lipinski definition) is 7. The molecule has 8 heteroatoms. The van der Waals surface area contributed by atoms with Crippen LogP contribution in [0.25, 0.3) is 16.6 Å². The molecule has 3 aromatic carbocycles. The number of ketones is 1. The summed E-state index contributed by atoms with van der Waals surface area (Å²) in [5.41, 5.74) is 3.60. The number of para-hydroxylation sites is 1. The molecule has 1 heterocycles. The van der Waals surface area contributed by atoms with Crippen molar-refractivity contribution in [1.29, 1.82) is 0 Å². The summed E-state index contributed by atoms with van der Waals surface area (Å²) in [6.07, 6.45) is 0.0629. The number of Topliss-reactive ketones (excluding diaryl/α,β-unsaturated/α-hetero) is 1. The van der Waals surface area contributed by atoms with Crippen LogP contribution in [0.1, 0.15) is 27.0 Å². The molecule has 0 spiro atoms. The van der Waals surface area contributed by atoms with Crippen molar-refractivity contribution in [3.05, 3.63) is 94.6 Å². The van der Waals surface area contributed by atoms with Crippen LogP contribution in [0.2, 0.25) is 0 Å². The van der Waals surface area contributed by atoms with Crippen molar-refractivity contribution in [3.63, 3.8) is 0 Å². The zero-order valence-electron chi connectivity index (χ0n) is 18.5. The number of carbonyl (C=O) groups excluding carboxylic acids is 2. The topological polar surface area (TPSA) is 92.2 Å². The quantitative estimate of drug-likeness (QED) is 0.226. The van der Waals surface area contributed by atoms with Gasteiger partial charge >= 0.3 is 29.6 Å². The number of carbonyl (C=O) groups is 2. The summed E-state index contributed by atoms with van der Waals surface area (Å²) in [6.45, 7) is 1.92. The van der Waals surface area contributed by atoms with Gasteiger partial charge in [-0.3, -0.25) is 4.79 Å². The van der Waals surface area contributed by atoms with E-state index >= 15 is 0 Å². The van der Waals surface area contributed by atoms with E-state index in [0.29, 0.717) is 33.5 Å². The Kier molecular flexibility index (Phi) is 8.15. The van der Waals surface area contributed by atoms with Crippen LogP contribution in [0, 0.1) is 6.92 Å². The maximum atomic E-state index is 13.6. The molecule has 0 fully saturated rings. The predicted octanol–water partition coefficient (Wildman–Crippen LogP) is 0.641. The number of aryl methyl sites for hydroxylation is 1. The maximum absolute atomic E-state index is 13.6. The van der Waals surface area contributed by atoms with E-state index < -0.39 is 5.97 Å². The molecule has 0 radical (unpaired) electrons. The molecule has 0 amide bonds. The summed E-state index contributed by atoms with van der Waals surface area (Å²) < 4.78 is 13.8. The van der Waals surface area contributed by atoms with Gasteiger partial charge in [0.2, 0.25) is 0 Å². The third-order valence-electron chi connectivity index (χ3n) is 5.20. The second kappa shape index (κ2) is 10.9. The Morgan fingerprint density at radius 3 is 2.30 bits per heavy atom. The molecule has 0 atom stereocenters. The molecule has 0 aliphatic rings. The second-order valence-corrected chi connectivity index (χ2v) is 7.82. The molecule has 33 heavy (non-hydrogen) atoms. The van der Waals surface area contributed by atoms with Gasteiger partial charge in [-0.1, -0.05) is 54.1 Å². The van der Waals surface area contributed by atoms with Gasteiger partial charge in [0, 0.05) is 23.1 Å². The van der Waals surface area contributed by atoms with Crippen molar-refractivity contribution >= 4 is 40.1 Å². The number of fused-ring (bicyclic) bond motifs is 1. The third-order valence-corrected chi connectivity index (χ3v) is 5.75. The van der Waals surface area contributed by atoms with Crippen LogP contribution in [-0.4, -0.2) is 27.6 Å². The van der Waals surface area contributed by atoms with Gasteiger partial charge in [-0.2, -0.15) is 8.75 Å². The summed E-state index contributed by atoms with van der Waals surface area (Å²) in [5.74, 6) is -1.25. The van der Waals surface area contributed by atoms with Crippen LogP contribution in [0.5, 0.6) is 5.75 Å². The van der Waals surface area contributed by atoms with E-state index in [0.717, 1.165) is 17.3 Å². The molecule has 0 saturated carbocycles. The Labute approximate surface area is 217 Å². The zero-order valence-corrected chi connectivity index (χ0v) is 21.3. The van der Waals surface area contributed by atoms with Crippen LogP contribution < -0.4 is 39.4 Å². The van der Waals surface area contributed by atoms with Crippen molar-refractivity contribution in [2.75, 3.05) is 7.11 Å². The van der Waals surface area contributed by atoms with Crippen molar-refractivity contribution in [2.24, 2.45) is 0 Å². The molecule has 0 N–H and O–H groups in total. The van der Waals surface area contributed by atoms with E-state index in [1.165, 1.54) is 7.11 Å². The molecule has 0 bridgehead atoms. The Balaban J connectivity index is 0.00000306. The van der Waals surface area contributed by atoms with E-state index in [4.69, 9.17) is 4.74 Å². The summed E-state index contributed by atoms with van der Waals surface area (Å²) >= 11 is 1.04. The summed E-state index contributed by atoms with van der Waals surface area (Å²) in [7, 11) is 1.53. The van der Waals surface area contributed by atoms with E-state index in [2.05, 4.69) is 8.75 Å². The first-order valence-electron chi connectivity index (χ1n) is 9.88. The first kappa shape index (κ1) is 24.8. The number of benzene rings is 3. The van der Waals surface area contributed by atoms with E-state index in [1.807, 2.05) is 37.3 Å². The number of allylic oxidation sites excluding steroid dienone is 1. The molecule has 6 nitrogen and oxygen atoms in total. The Morgan fingerprint density at radius 1 is 0.939 bits per heavy atom. The Bertz CT molecular complexity index is 1350. The number of nitrogens with zero attached hydrogens (tertiary/aromatic N) is 2. The normalized spacial score (nSPS) is 11.5. The molecule has 160 valence electrons. The average molecular weight is 466 g/mol. The molecular formula is C25H19N2NaO4S. The van der Waals surface area contributed by atoms with Gasteiger partial charge in [0.1, 0.15) is 16.8 Å². The number of ether oxygens (including phenoxy) is 1. The number of rotatable bonds is 7. The number of methoxy groups -OCH3 is 1. The molecule has 4 rings (SSSR count). The molecule has 4 aromatic rings. The van der Waals surface area contributed by atoms with Crippen LogP contribution in [0.3, 0.4) is 0 Å². The van der Waals surface area contributed by atoms with Crippen LogP contribution in [-0.2, 0) is 11.2 Å². The molecular weight excluding hydrogens is 447 g/mol. The molecule has 0 aliphatic heterocycles. The van der Waals surface area contributed by atoms with Crippen LogP contribution in [0.4, 0.5) is 0 Å². The largest absolute Gasteiger partial charge is 1.00 e. The van der Waals surface area contributed by atoms with Gasteiger partial charge in [-0.25, -0.2) is 0 Å². The smallest absolute Gasteiger partial charge is 0.545 e. The van der Waals surface area contributed by atoms with Gasteiger partial charge in [-0.05, 0) is 36.2 Å². The first-order valence-corrected chi connectivity index (χ1v) is 10.6. The van der Waals surface area contributed by atoms with Crippen LogP contribution in [0.15, 0.2) is 72.3 Å². The average Bonchev–Trinajstić information content (AvgIpc) is 3.27. The minimum Gasteiger partial charge on any atom is -0.545 e. The maximum Gasteiger partial charge on any atom is 1.00 e. The third kappa shape index (κ3) is 5.39. The fourth-order valence-corrected chi connectivity index (χ4v) is 4.07. The van der Waals surface area contributed by atoms with E-state index in [9.17, 15) is 14.7 Å². The summed E-state index contributed by atoms with van der Waals surface area (Å²) in [5, 5.41) is 12.4. The van der Waals surface area contributed by atoms with Gasteiger partial charge in [-0.15, -0.1) is 0 Å². The van der Waals surface area contributed by atoms with Gasteiger partial charge in [0.15, 0.2) is 5.78 Å². The minimum atomic E-state index is -1.43. The molecule has 0 aliphatic carbocycles. The Hall–Kier alpha value is -2.84. The fraction of sp³-hybridized carbons (Fsp3) is 0.120. The van der Waals surface area contributed by atoms with Crippen LogP contribution >= 0.6 is 11.7 Å². The Morgan fingerprint density at radius 2 is 1.61 bits per heavy atom. The summed E-state index contributed by atoms with van der Waals surface area (Å²) in [6, 6.07) is 19.2. The zero-order chi connectivity index (χ0) is 22.7. The molecule has 1 aromatic heterocycles. The van der Waals surface area contributed by atoms with Crippen molar-refractivity contribution in [1.82, 2.24) is 8.75 Å². The molecule has 0 saturated heterocycles. The number of carboxylic acid groups (broad SMARTS) is 1. The molecule has 0 unspecified atom stereocenters. The van der Waals surface area contributed by atoms with Crippen molar-refractivity contribution in [3.8, 4) is 5.75 Å². The van der Waals surface area contributed by atoms with E-state index in [1.54, 1.807) is 36.4 Å². The predicted molar refractivity (Wildman–Crippen MR) is 122 cm³/mol. The SMILES string of the molecule is COc1ccccc1CC(C(=O)c1ccc(C)cc1)=C(C(=O)[O-])c1ccc2nsnc2c1.[Na+]. The van der Waals surface area contributed by atoms with E-state index in [-0.39, 0.29) is 52.9 Å². The number of hydrogen-bond donors (Lipinski definition) is 0. The number of aliphatic carboxylic acids is 1. The summed E-state index contributed by atoms with van der Waals surface area (Å²) in [4.78, 5) is 25.9. The van der Waals surface area contributed by atoms with Gasteiger partial charge in [0.25, 0.3) is 0 Å². The second-order valence-electron chi connectivity index (χ2n) is 7.29. The van der Waals surface area contributed by atoms with Gasteiger partial charge < -0.3 is 14.6 Å². The van der Waals surface area contributed by atoms with Gasteiger partial charge in [0.05, 0.1) is 24.8 Å².